The Kier molecular flexibility index (Phi) is 2.80. The molecule has 3 heteroatoms. The van der Waals surface area contributed by atoms with Gasteiger partial charge in [0.15, 0.2) is 0 Å². The Bertz CT molecular complexity index is 266. The first-order chi connectivity index (χ1) is 5.74. The second kappa shape index (κ2) is 3.85. The zero-order valence-corrected chi connectivity index (χ0v) is 6.42. The molecule has 1 rings (SSSR count). The van der Waals surface area contributed by atoms with Gasteiger partial charge in [0, 0.05) is 0 Å². The molecule has 2 nitrogen and oxygen atoms in total. The van der Waals surface area contributed by atoms with E-state index in [9.17, 15) is 9.18 Å². The zero-order chi connectivity index (χ0) is 8.97. The van der Waals surface area contributed by atoms with Gasteiger partial charge in [0.2, 0.25) is 0 Å². The van der Waals surface area contributed by atoms with E-state index in [4.69, 9.17) is 0 Å². The Morgan fingerprint density at radius 2 is 2.00 bits per heavy atom. The van der Waals surface area contributed by atoms with Crippen molar-refractivity contribution in [3.8, 4) is 0 Å². The largest absolute Gasteiger partial charge is 0.462 e. The van der Waals surface area contributed by atoms with Gasteiger partial charge in [0.25, 0.3) is 0 Å². The first kappa shape index (κ1) is 8.71. The number of rotatable bonds is 2. The van der Waals surface area contributed by atoms with Crippen LogP contribution in [0.2, 0.25) is 0 Å². The van der Waals surface area contributed by atoms with Crippen molar-refractivity contribution >= 4 is 5.97 Å². The Labute approximate surface area is 70.0 Å². The Hall–Kier alpha value is -1.38. The number of hydrogen-bond acceptors (Lipinski definition) is 2. The average Bonchev–Trinajstić information content (AvgIpc) is 2.06. The van der Waals surface area contributed by atoms with E-state index in [1.54, 1.807) is 0 Å². The lowest BCUT2D eigenvalue weighted by molar-refractivity contribution is 0.0547. The van der Waals surface area contributed by atoms with Crippen LogP contribution >= 0.6 is 0 Å². The standard InChI is InChI=1S/C9H8FO2/c1-2-12-9(11)7-3-5-8(10)6-4-7/h3-6H,1-2H2. The Balaban J connectivity index is 2.75. The molecule has 0 aliphatic carbocycles. The predicted molar refractivity (Wildman–Crippen MR) is 42.0 cm³/mol. The van der Waals surface area contributed by atoms with Gasteiger partial charge < -0.3 is 4.74 Å². The highest BCUT2D eigenvalue weighted by Gasteiger charge is 2.04. The molecule has 0 atom stereocenters. The first-order valence-corrected chi connectivity index (χ1v) is 3.46. The van der Waals surface area contributed by atoms with Gasteiger partial charge in [-0.05, 0) is 31.2 Å². The zero-order valence-electron chi connectivity index (χ0n) is 6.42. The summed E-state index contributed by atoms with van der Waals surface area (Å²) in [4.78, 5) is 11.0. The van der Waals surface area contributed by atoms with Crippen LogP contribution in [0.4, 0.5) is 4.39 Å². The maximum Gasteiger partial charge on any atom is 0.338 e. The van der Waals surface area contributed by atoms with Gasteiger partial charge in [-0.3, -0.25) is 0 Å². The maximum atomic E-state index is 12.4. The molecule has 12 heavy (non-hydrogen) atoms. The minimum Gasteiger partial charge on any atom is -0.462 e. The van der Waals surface area contributed by atoms with Crippen LogP contribution in [0.25, 0.3) is 0 Å². The van der Waals surface area contributed by atoms with Crippen molar-refractivity contribution in [1.29, 1.82) is 0 Å². The molecule has 1 radical (unpaired) electrons. The lowest BCUT2D eigenvalue weighted by Crippen LogP contribution is -2.04. The summed E-state index contributed by atoms with van der Waals surface area (Å²) in [5.41, 5.74) is 0.333. The number of carbonyl (C=O) groups is 1. The van der Waals surface area contributed by atoms with Crippen LogP contribution in [-0.2, 0) is 4.74 Å². The highest BCUT2D eigenvalue weighted by Crippen LogP contribution is 2.03. The number of hydrogen-bond donors (Lipinski definition) is 0. The number of halogens is 1. The quantitative estimate of drug-likeness (QED) is 0.628. The summed E-state index contributed by atoms with van der Waals surface area (Å²) in [6.45, 7) is 3.43. The summed E-state index contributed by atoms with van der Waals surface area (Å²) in [5, 5.41) is 0. The van der Waals surface area contributed by atoms with Gasteiger partial charge in [-0.2, -0.15) is 0 Å². The predicted octanol–water partition coefficient (Wildman–Crippen LogP) is 1.82. The van der Waals surface area contributed by atoms with Crippen LogP contribution in [0.5, 0.6) is 0 Å². The number of carbonyl (C=O) groups excluding carboxylic acids is 1. The lowest BCUT2D eigenvalue weighted by Gasteiger charge is -1.99. The van der Waals surface area contributed by atoms with Crippen molar-refractivity contribution in [2.75, 3.05) is 6.61 Å². The molecule has 0 amide bonds. The van der Waals surface area contributed by atoms with Crippen molar-refractivity contribution in [1.82, 2.24) is 0 Å². The van der Waals surface area contributed by atoms with Gasteiger partial charge in [-0.15, -0.1) is 0 Å². The lowest BCUT2D eigenvalue weighted by atomic mass is 10.2. The van der Waals surface area contributed by atoms with E-state index in [1.807, 2.05) is 0 Å². The van der Waals surface area contributed by atoms with E-state index in [-0.39, 0.29) is 12.4 Å². The molecule has 0 aliphatic heterocycles. The summed E-state index contributed by atoms with van der Waals surface area (Å²) in [6, 6.07) is 5.15. The molecule has 0 N–H and O–H groups in total. The molecule has 0 spiro atoms. The fourth-order valence-electron chi connectivity index (χ4n) is 0.762. The topological polar surface area (TPSA) is 26.3 Å². The third-order valence-corrected chi connectivity index (χ3v) is 1.31. The minimum atomic E-state index is -0.481. The van der Waals surface area contributed by atoms with E-state index < -0.39 is 5.97 Å². The van der Waals surface area contributed by atoms with Crippen LogP contribution in [-0.4, -0.2) is 12.6 Å². The van der Waals surface area contributed by atoms with Crippen LogP contribution in [0.3, 0.4) is 0 Å². The number of ether oxygens (including phenoxy) is 1. The monoisotopic (exact) mass is 167 g/mol. The molecule has 1 aromatic rings. The molecule has 0 unspecified atom stereocenters. The minimum absolute atomic E-state index is 0.0796. The second-order valence-electron chi connectivity index (χ2n) is 2.14. The summed E-state index contributed by atoms with van der Waals surface area (Å²) in [5.74, 6) is -0.855. The van der Waals surface area contributed by atoms with Crippen molar-refractivity contribution < 1.29 is 13.9 Å². The summed E-state index contributed by atoms with van der Waals surface area (Å²) in [6.07, 6.45) is 0. The van der Waals surface area contributed by atoms with E-state index in [1.165, 1.54) is 24.3 Å². The van der Waals surface area contributed by atoms with Crippen LogP contribution < -0.4 is 0 Å². The molecule has 0 bridgehead atoms. The van der Waals surface area contributed by atoms with Crippen molar-refractivity contribution in [3.63, 3.8) is 0 Å². The molecule has 0 aliphatic rings. The smallest absolute Gasteiger partial charge is 0.338 e. The molecule has 63 valence electrons. The first-order valence-electron chi connectivity index (χ1n) is 3.46. The Morgan fingerprint density at radius 1 is 1.42 bits per heavy atom. The number of esters is 1. The van der Waals surface area contributed by atoms with E-state index >= 15 is 0 Å². The van der Waals surface area contributed by atoms with Gasteiger partial charge >= 0.3 is 5.97 Å². The molecule has 0 fully saturated rings. The van der Waals surface area contributed by atoms with Crippen molar-refractivity contribution in [2.24, 2.45) is 0 Å². The van der Waals surface area contributed by atoms with Crippen molar-refractivity contribution in [2.45, 2.75) is 0 Å². The SMILES string of the molecule is [CH2]COC(=O)c1ccc(F)cc1. The second-order valence-corrected chi connectivity index (χ2v) is 2.14. The third-order valence-electron chi connectivity index (χ3n) is 1.31. The average molecular weight is 167 g/mol. The number of benzene rings is 1. The molecular weight excluding hydrogens is 159 g/mol. The Morgan fingerprint density at radius 3 is 2.50 bits per heavy atom. The molecule has 1 aromatic carbocycles. The fourth-order valence-corrected chi connectivity index (χ4v) is 0.762. The highest BCUT2D eigenvalue weighted by molar-refractivity contribution is 5.89. The van der Waals surface area contributed by atoms with E-state index in [0.717, 1.165) is 0 Å². The summed E-state index contributed by atoms with van der Waals surface area (Å²) in [7, 11) is 0. The van der Waals surface area contributed by atoms with Crippen LogP contribution in [0.15, 0.2) is 24.3 Å². The van der Waals surface area contributed by atoms with Crippen LogP contribution in [0.1, 0.15) is 10.4 Å². The van der Waals surface area contributed by atoms with Crippen molar-refractivity contribution in [3.05, 3.63) is 42.6 Å². The third kappa shape index (κ3) is 2.05. The molecule has 0 saturated heterocycles. The normalized spacial score (nSPS) is 9.50. The fraction of sp³-hybridized carbons (Fsp3) is 0.111. The molecule has 0 heterocycles. The summed E-state index contributed by atoms with van der Waals surface area (Å²) < 4.78 is 17.0. The van der Waals surface area contributed by atoms with Gasteiger partial charge in [-0.25, -0.2) is 9.18 Å². The molecule has 0 aromatic heterocycles. The van der Waals surface area contributed by atoms with E-state index in [0.29, 0.717) is 5.56 Å². The van der Waals surface area contributed by atoms with E-state index in [2.05, 4.69) is 11.7 Å². The highest BCUT2D eigenvalue weighted by atomic mass is 19.1. The summed E-state index contributed by atoms with van der Waals surface area (Å²) >= 11 is 0. The van der Waals surface area contributed by atoms with Gasteiger partial charge in [-0.1, -0.05) is 0 Å². The van der Waals surface area contributed by atoms with Gasteiger partial charge in [0.1, 0.15) is 5.82 Å². The molecule has 0 saturated carbocycles. The van der Waals surface area contributed by atoms with Crippen LogP contribution in [0, 0.1) is 12.7 Å². The maximum absolute atomic E-state index is 12.4. The van der Waals surface area contributed by atoms with Gasteiger partial charge in [0.05, 0.1) is 12.2 Å². The molecular formula is C9H8FO2.